The van der Waals surface area contributed by atoms with Crippen molar-refractivity contribution >= 4 is 5.97 Å². The smallest absolute Gasteiger partial charge is 0.308 e. The van der Waals surface area contributed by atoms with E-state index in [0.29, 0.717) is 6.61 Å². The highest BCUT2D eigenvalue weighted by molar-refractivity contribution is 5.72. The molecule has 0 aromatic carbocycles. The lowest BCUT2D eigenvalue weighted by Crippen LogP contribution is -2.18. The summed E-state index contributed by atoms with van der Waals surface area (Å²) in [5.41, 5.74) is 0. The largest absolute Gasteiger partial charge is 0.465 e. The van der Waals surface area contributed by atoms with E-state index in [4.69, 9.17) is 4.74 Å². The average molecular weight is 284 g/mol. The molecule has 0 bridgehead atoms. The fourth-order valence-corrected chi connectivity index (χ4v) is 2.54. The molecule has 2 heteroatoms. The van der Waals surface area contributed by atoms with Crippen LogP contribution in [0, 0.1) is 5.92 Å². The summed E-state index contributed by atoms with van der Waals surface area (Å²) in [5.74, 6) is 0.197. The minimum atomic E-state index is 0.0523. The summed E-state index contributed by atoms with van der Waals surface area (Å²) in [4.78, 5) is 12.0. The molecule has 0 radical (unpaired) electrons. The van der Waals surface area contributed by atoms with E-state index in [0.717, 1.165) is 32.1 Å². The zero-order valence-corrected chi connectivity index (χ0v) is 14.1. The Morgan fingerprint density at radius 3 is 2.00 bits per heavy atom. The standard InChI is InChI=1S/C18H36O2/c1-4-7-9-10-11-13-16-20-18(19)17(14-6-3)15-12-8-5-2/h17H,4-16H2,1-3H3. The van der Waals surface area contributed by atoms with Gasteiger partial charge >= 0.3 is 5.97 Å². The van der Waals surface area contributed by atoms with Crippen LogP contribution < -0.4 is 0 Å². The first-order valence-electron chi connectivity index (χ1n) is 8.92. The van der Waals surface area contributed by atoms with Crippen LogP contribution in [-0.4, -0.2) is 12.6 Å². The van der Waals surface area contributed by atoms with Crippen LogP contribution in [0.25, 0.3) is 0 Å². The van der Waals surface area contributed by atoms with Gasteiger partial charge in [0, 0.05) is 0 Å². The molecule has 0 N–H and O–H groups in total. The lowest BCUT2D eigenvalue weighted by atomic mass is 9.97. The van der Waals surface area contributed by atoms with Crippen LogP contribution in [0.1, 0.15) is 97.8 Å². The molecule has 0 heterocycles. The first-order valence-corrected chi connectivity index (χ1v) is 8.92. The Morgan fingerprint density at radius 2 is 1.35 bits per heavy atom. The topological polar surface area (TPSA) is 26.3 Å². The normalized spacial score (nSPS) is 12.3. The Bertz CT molecular complexity index is 213. The molecule has 0 spiro atoms. The van der Waals surface area contributed by atoms with Gasteiger partial charge in [-0.05, 0) is 19.3 Å². The van der Waals surface area contributed by atoms with Crippen molar-refractivity contribution < 1.29 is 9.53 Å². The van der Waals surface area contributed by atoms with Gasteiger partial charge < -0.3 is 4.74 Å². The zero-order chi connectivity index (χ0) is 15.1. The van der Waals surface area contributed by atoms with Crippen molar-refractivity contribution in [2.75, 3.05) is 6.61 Å². The van der Waals surface area contributed by atoms with Crippen molar-refractivity contribution in [1.82, 2.24) is 0 Å². The van der Waals surface area contributed by atoms with E-state index in [9.17, 15) is 4.79 Å². The van der Waals surface area contributed by atoms with Crippen LogP contribution in [0.5, 0.6) is 0 Å². The van der Waals surface area contributed by atoms with Gasteiger partial charge in [-0.15, -0.1) is 0 Å². The Balaban J connectivity index is 3.67. The van der Waals surface area contributed by atoms with Crippen LogP contribution in [0.3, 0.4) is 0 Å². The van der Waals surface area contributed by atoms with Gasteiger partial charge in [0.2, 0.25) is 0 Å². The van der Waals surface area contributed by atoms with Gasteiger partial charge in [-0.1, -0.05) is 78.6 Å². The van der Waals surface area contributed by atoms with E-state index in [1.807, 2.05) is 0 Å². The van der Waals surface area contributed by atoms with E-state index in [-0.39, 0.29) is 11.9 Å². The van der Waals surface area contributed by atoms with Gasteiger partial charge in [0.05, 0.1) is 12.5 Å². The van der Waals surface area contributed by atoms with Crippen molar-refractivity contribution in [2.24, 2.45) is 5.92 Å². The van der Waals surface area contributed by atoms with Gasteiger partial charge in [-0.2, -0.15) is 0 Å². The van der Waals surface area contributed by atoms with Crippen molar-refractivity contribution in [2.45, 2.75) is 97.8 Å². The predicted octanol–water partition coefficient (Wildman–Crippen LogP) is 5.89. The van der Waals surface area contributed by atoms with Crippen molar-refractivity contribution in [1.29, 1.82) is 0 Å². The fraction of sp³-hybridized carbons (Fsp3) is 0.944. The molecular weight excluding hydrogens is 248 g/mol. The van der Waals surface area contributed by atoms with E-state index in [1.165, 1.54) is 44.9 Å². The second-order valence-electron chi connectivity index (χ2n) is 5.92. The predicted molar refractivity (Wildman–Crippen MR) is 86.9 cm³/mol. The van der Waals surface area contributed by atoms with E-state index in [1.54, 1.807) is 0 Å². The maximum atomic E-state index is 12.0. The molecule has 0 aliphatic rings. The number of hydrogen-bond acceptors (Lipinski definition) is 2. The molecule has 0 saturated carbocycles. The molecular formula is C18H36O2. The quantitative estimate of drug-likeness (QED) is 0.294. The van der Waals surface area contributed by atoms with Gasteiger partial charge in [0.25, 0.3) is 0 Å². The lowest BCUT2D eigenvalue weighted by molar-refractivity contribution is -0.149. The molecule has 0 amide bonds. The number of hydrogen-bond donors (Lipinski definition) is 0. The van der Waals surface area contributed by atoms with Crippen molar-refractivity contribution in [3.63, 3.8) is 0 Å². The SMILES string of the molecule is CCCCCCCCOC(=O)C(CCC)CCCCC. The monoisotopic (exact) mass is 284 g/mol. The Kier molecular flexibility index (Phi) is 14.5. The molecule has 0 fully saturated rings. The number of esters is 1. The molecule has 1 unspecified atom stereocenters. The molecule has 0 aromatic heterocycles. The van der Waals surface area contributed by atoms with Gasteiger partial charge in [-0.3, -0.25) is 4.79 Å². The van der Waals surface area contributed by atoms with E-state index < -0.39 is 0 Å². The van der Waals surface area contributed by atoms with Gasteiger partial charge in [0.15, 0.2) is 0 Å². The number of rotatable bonds is 14. The maximum absolute atomic E-state index is 12.0. The zero-order valence-electron chi connectivity index (χ0n) is 14.1. The highest BCUT2D eigenvalue weighted by Gasteiger charge is 2.18. The number of carbonyl (C=O) groups is 1. The third kappa shape index (κ3) is 11.3. The maximum Gasteiger partial charge on any atom is 0.308 e. The van der Waals surface area contributed by atoms with Gasteiger partial charge in [-0.25, -0.2) is 0 Å². The van der Waals surface area contributed by atoms with Crippen molar-refractivity contribution in [3.05, 3.63) is 0 Å². The second-order valence-corrected chi connectivity index (χ2v) is 5.92. The first-order chi connectivity index (χ1) is 9.76. The molecule has 0 aliphatic carbocycles. The van der Waals surface area contributed by atoms with Crippen LogP contribution in [-0.2, 0) is 9.53 Å². The third-order valence-electron chi connectivity index (χ3n) is 3.87. The van der Waals surface area contributed by atoms with Gasteiger partial charge in [0.1, 0.15) is 0 Å². The number of ether oxygens (including phenoxy) is 1. The van der Waals surface area contributed by atoms with Crippen LogP contribution >= 0.6 is 0 Å². The van der Waals surface area contributed by atoms with Crippen molar-refractivity contribution in [3.8, 4) is 0 Å². The summed E-state index contributed by atoms with van der Waals surface area (Å²) in [6, 6.07) is 0. The molecule has 20 heavy (non-hydrogen) atoms. The molecule has 1 atom stereocenters. The second kappa shape index (κ2) is 14.9. The Labute approximate surface area is 126 Å². The average Bonchev–Trinajstić information content (AvgIpc) is 2.45. The van der Waals surface area contributed by atoms with E-state index >= 15 is 0 Å². The van der Waals surface area contributed by atoms with Crippen LogP contribution in [0.2, 0.25) is 0 Å². The first kappa shape index (κ1) is 19.5. The minimum absolute atomic E-state index is 0.0523. The summed E-state index contributed by atoms with van der Waals surface area (Å²) >= 11 is 0. The summed E-state index contributed by atoms with van der Waals surface area (Å²) in [5, 5.41) is 0. The molecule has 0 aromatic rings. The lowest BCUT2D eigenvalue weighted by Gasteiger charge is -2.15. The molecule has 2 nitrogen and oxygen atoms in total. The van der Waals surface area contributed by atoms with E-state index in [2.05, 4.69) is 20.8 Å². The Morgan fingerprint density at radius 1 is 0.750 bits per heavy atom. The molecule has 0 aliphatic heterocycles. The molecule has 0 saturated heterocycles. The minimum Gasteiger partial charge on any atom is -0.465 e. The summed E-state index contributed by atoms with van der Waals surface area (Å²) in [6.07, 6.45) is 14.1. The molecule has 120 valence electrons. The van der Waals surface area contributed by atoms with Crippen LogP contribution in [0.15, 0.2) is 0 Å². The third-order valence-corrected chi connectivity index (χ3v) is 3.87. The highest BCUT2D eigenvalue weighted by atomic mass is 16.5. The summed E-state index contributed by atoms with van der Waals surface area (Å²) in [7, 11) is 0. The summed E-state index contributed by atoms with van der Waals surface area (Å²) in [6.45, 7) is 7.20. The van der Waals surface area contributed by atoms with Crippen LogP contribution in [0.4, 0.5) is 0 Å². The molecule has 0 rings (SSSR count). The fourth-order valence-electron chi connectivity index (χ4n) is 2.54. The summed E-state index contributed by atoms with van der Waals surface area (Å²) < 4.78 is 5.46. The Hall–Kier alpha value is -0.530. The highest BCUT2D eigenvalue weighted by Crippen LogP contribution is 2.17. The number of unbranched alkanes of at least 4 members (excludes halogenated alkanes) is 7. The number of carbonyl (C=O) groups excluding carboxylic acids is 1.